The third-order valence-electron chi connectivity index (χ3n) is 1.33. The van der Waals surface area contributed by atoms with E-state index in [4.69, 9.17) is 4.74 Å². The molecule has 92 valence electrons. The summed E-state index contributed by atoms with van der Waals surface area (Å²) in [6.07, 6.45) is 3.73. The van der Waals surface area contributed by atoms with Crippen molar-refractivity contribution in [2.45, 2.75) is 46.1 Å². The molecule has 0 bridgehead atoms. The third kappa shape index (κ3) is 9.05. The van der Waals surface area contributed by atoms with Gasteiger partial charge in [0.1, 0.15) is 5.60 Å². The Morgan fingerprint density at radius 1 is 1.25 bits per heavy atom. The Balaban J connectivity index is 3.76. The molecular formula is C11H19NO4. The van der Waals surface area contributed by atoms with Crippen LogP contribution in [0.3, 0.4) is 0 Å². The zero-order valence-electron chi connectivity index (χ0n) is 10.2. The van der Waals surface area contributed by atoms with Crippen LogP contribution in [0.5, 0.6) is 0 Å². The summed E-state index contributed by atoms with van der Waals surface area (Å²) in [5.41, 5.74) is 1.31. The predicted octanol–water partition coefficient (Wildman–Crippen LogP) is 2.33. The van der Waals surface area contributed by atoms with Crippen LogP contribution in [-0.2, 0) is 14.4 Å². The van der Waals surface area contributed by atoms with E-state index in [-0.39, 0.29) is 6.42 Å². The number of carbonyl (C=O) groups is 2. The van der Waals surface area contributed by atoms with Crippen molar-refractivity contribution in [1.82, 2.24) is 5.48 Å². The first-order valence-corrected chi connectivity index (χ1v) is 5.19. The van der Waals surface area contributed by atoms with Crippen molar-refractivity contribution in [3.05, 3.63) is 12.2 Å². The number of amides is 1. The molecule has 5 nitrogen and oxygen atoms in total. The van der Waals surface area contributed by atoms with Crippen molar-refractivity contribution >= 4 is 12.1 Å². The first-order valence-electron chi connectivity index (χ1n) is 5.19. The molecule has 0 saturated carbocycles. The number of hydrogen-bond donors (Lipinski definition) is 1. The van der Waals surface area contributed by atoms with Gasteiger partial charge in [-0.05, 0) is 27.2 Å². The number of ether oxygens (including phenoxy) is 1. The van der Waals surface area contributed by atoms with Gasteiger partial charge in [-0.25, -0.2) is 9.59 Å². The Morgan fingerprint density at radius 3 is 2.38 bits per heavy atom. The van der Waals surface area contributed by atoms with Crippen molar-refractivity contribution in [2.75, 3.05) is 0 Å². The average Bonchev–Trinajstić information content (AvgIpc) is 2.12. The second kappa shape index (κ2) is 6.87. The average molecular weight is 229 g/mol. The summed E-state index contributed by atoms with van der Waals surface area (Å²) in [7, 11) is 0. The van der Waals surface area contributed by atoms with Gasteiger partial charge in [-0.2, -0.15) is 0 Å². The van der Waals surface area contributed by atoms with E-state index >= 15 is 0 Å². The lowest BCUT2D eigenvalue weighted by molar-refractivity contribution is -0.149. The minimum absolute atomic E-state index is 0.129. The van der Waals surface area contributed by atoms with Gasteiger partial charge in [0.25, 0.3) is 0 Å². The van der Waals surface area contributed by atoms with E-state index in [9.17, 15) is 9.59 Å². The summed E-state index contributed by atoms with van der Waals surface area (Å²) < 4.78 is 4.87. The molecule has 0 rings (SSSR count). The normalized spacial score (nSPS) is 11.2. The lowest BCUT2D eigenvalue weighted by atomic mass is 10.2. The summed E-state index contributed by atoms with van der Waals surface area (Å²) in [5, 5.41) is 0. The van der Waals surface area contributed by atoms with Gasteiger partial charge in [-0.1, -0.05) is 19.1 Å². The van der Waals surface area contributed by atoms with Crippen LogP contribution in [0, 0.1) is 0 Å². The van der Waals surface area contributed by atoms with Crippen molar-refractivity contribution in [1.29, 1.82) is 0 Å². The van der Waals surface area contributed by atoms with Crippen LogP contribution in [0.25, 0.3) is 0 Å². The summed E-state index contributed by atoms with van der Waals surface area (Å²) in [6.45, 7) is 7.12. The van der Waals surface area contributed by atoms with Crippen LogP contribution < -0.4 is 5.48 Å². The van der Waals surface area contributed by atoms with E-state index in [0.29, 0.717) is 0 Å². The monoisotopic (exact) mass is 229 g/mol. The number of carbonyl (C=O) groups excluding carboxylic acids is 2. The second-order valence-electron chi connectivity index (χ2n) is 4.16. The summed E-state index contributed by atoms with van der Waals surface area (Å²) >= 11 is 0. The molecule has 0 spiro atoms. The molecule has 0 aromatic heterocycles. The number of nitrogens with one attached hydrogen (secondary N) is 1. The molecule has 0 aliphatic rings. The zero-order valence-corrected chi connectivity index (χ0v) is 10.2. The zero-order chi connectivity index (χ0) is 12.6. The summed E-state index contributed by atoms with van der Waals surface area (Å²) in [5.74, 6) is -0.532. The maximum Gasteiger partial charge on any atom is 0.441 e. The standard InChI is InChI=1S/C11H19NO4/c1-5-6-7-8-9(13)16-12-10(14)15-11(2,3)4/h6-7H,5,8H2,1-4H3,(H,12,14)/b7-6+. The van der Waals surface area contributed by atoms with E-state index < -0.39 is 17.7 Å². The quantitative estimate of drug-likeness (QED) is 0.596. The van der Waals surface area contributed by atoms with Gasteiger partial charge in [0.2, 0.25) is 0 Å². The fourth-order valence-corrected chi connectivity index (χ4v) is 0.785. The van der Waals surface area contributed by atoms with Crippen LogP contribution in [0.4, 0.5) is 4.79 Å². The van der Waals surface area contributed by atoms with E-state index in [1.807, 2.05) is 18.5 Å². The minimum Gasteiger partial charge on any atom is -0.442 e. The highest BCUT2D eigenvalue weighted by Crippen LogP contribution is 2.06. The molecule has 0 aromatic rings. The van der Waals surface area contributed by atoms with Gasteiger partial charge in [0.15, 0.2) is 0 Å². The van der Waals surface area contributed by atoms with Crippen LogP contribution >= 0.6 is 0 Å². The Hall–Kier alpha value is -1.52. The van der Waals surface area contributed by atoms with Crippen LogP contribution in [-0.4, -0.2) is 17.7 Å². The molecule has 0 unspecified atom stereocenters. The van der Waals surface area contributed by atoms with Crippen molar-refractivity contribution in [3.63, 3.8) is 0 Å². The van der Waals surface area contributed by atoms with Crippen LogP contribution in [0.2, 0.25) is 0 Å². The lowest BCUT2D eigenvalue weighted by Crippen LogP contribution is -2.33. The number of hydroxylamine groups is 1. The Morgan fingerprint density at radius 2 is 1.88 bits per heavy atom. The largest absolute Gasteiger partial charge is 0.442 e. The highest BCUT2D eigenvalue weighted by atomic mass is 16.7. The van der Waals surface area contributed by atoms with Crippen molar-refractivity contribution in [3.8, 4) is 0 Å². The van der Waals surface area contributed by atoms with Crippen LogP contribution in [0.15, 0.2) is 12.2 Å². The van der Waals surface area contributed by atoms with Gasteiger partial charge in [-0.15, -0.1) is 5.48 Å². The fraction of sp³-hybridized carbons (Fsp3) is 0.636. The minimum atomic E-state index is -0.777. The smallest absolute Gasteiger partial charge is 0.441 e. The molecule has 0 atom stereocenters. The molecule has 0 heterocycles. The summed E-state index contributed by atoms with van der Waals surface area (Å²) in [6, 6.07) is 0. The Kier molecular flexibility index (Phi) is 6.22. The highest BCUT2D eigenvalue weighted by Gasteiger charge is 2.16. The van der Waals surface area contributed by atoms with E-state index in [2.05, 4.69) is 4.84 Å². The first kappa shape index (κ1) is 14.5. The molecule has 16 heavy (non-hydrogen) atoms. The van der Waals surface area contributed by atoms with Crippen LogP contribution in [0.1, 0.15) is 40.5 Å². The maximum atomic E-state index is 11.1. The summed E-state index contributed by atoms with van der Waals surface area (Å²) in [4.78, 5) is 26.6. The molecule has 0 aromatic carbocycles. The molecular weight excluding hydrogens is 210 g/mol. The number of rotatable bonds is 3. The van der Waals surface area contributed by atoms with Gasteiger partial charge in [0, 0.05) is 0 Å². The molecule has 0 radical (unpaired) electrons. The van der Waals surface area contributed by atoms with E-state index in [1.165, 1.54) is 0 Å². The predicted molar refractivity (Wildman–Crippen MR) is 59.5 cm³/mol. The van der Waals surface area contributed by atoms with Gasteiger partial charge >= 0.3 is 12.1 Å². The Bertz CT molecular complexity index is 266. The Labute approximate surface area is 95.8 Å². The fourth-order valence-electron chi connectivity index (χ4n) is 0.785. The van der Waals surface area contributed by atoms with Gasteiger partial charge in [-0.3, -0.25) is 0 Å². The number of allylic oxidation sites excluding steroid dienone is 1. The highest BCUT2D eigenvalue weighted by molar-refractivity contribution is 5.74. The van der Waals surface area contributed by atoms with E-state index in [0.717, 1.165) is 6.42 Å². The molecule has 0 fully saturated rings. The van der Waals surface area contributed by atoms with Crippen molar-refractivity contribution < 1.29 is 19.2 Å². The SMILES string of the molecule is CC/C=C/CC(=O)ONC(=O)OC(C)(C)C. The molecule has 0 aliphatic heterocycles. The first-order chi connectivity index (χ1) is 7.35. The molecule has 5 heteroatoms. The van der Waals surface area contributed by atoms with Crippen molar-refractivity contribution in [2.24, 2.45) is 0 Å². The topological polar surface area (TPSA) is 64.6 Å². The molecule has 1 N–H and O–H groups in total. The molecule has 0 saturated heterocycles. The van der Waals surface area contributed by atoms with Gasteiger partial charge < -0.3 is 9.57 Å². The molecule has 1 amide bonds. The second-order valence-corrected chi connectivity index (χ2v) is 4.16. The van der Waals surface area contributed by atoms with Gasteiger partial charge in [0.05, 0.1) is 6.42 Å². The third-order valence-corrected chi connectivity index (χ3v) is 1.33. The maximum absolute atomic E-state index is 11.1. The number of hydrogen-bond acceptors (Lipinski definition) is 4. The lowest BCUT2D eigenvalue weighted by Gasteiger charge is -2.19. The van der Waals surface area contributed by atoms with E-state index in [1.54, 1.807) is 26.8 Å². The molecule has 0 aliphatic carbocycles.